The number of benzene rings is 1. The first-order valence-electron chi connectivity index (χ1n) is 8.92. The molecule has 6 heteroatoms. The number of hydrogen-bond donors (Lipinski definition) is 2. The van der Waals surface area contributed by atoms with Crippen LogP contribution < -0.4 is 5.32 Å². The second kappa shape index (κ2) is 6.86. The van der Waals surface area contributed by atoms with Crippen LogP contribution in [0.4, 0.5) is 5.69 Å². The number of nitrogens with zero attached hydrogens (tertiary/aromatic N) is 1. The zero-order valence-electron chi connectivity index (χ0n) is 14.5. The molecule has 0 bridgehead atoms. The molecule has 1 aliphatic heterocycles. The van der Waals surface area contributed by atoms with Crippen LogP contribution in [-0.2, 0) is 9.59 Å². The van der Waals surface area contributed by atoms with E-state index in [0.717, 1.165) is 32.1 Å². The molecule has 25 heavy (non-hydrogen) atoms. The zero-order valence-corrected chi connectivity index (χ0v) is 14.5. The summed E-state index contributed by atoms with van der Waals surface area (Å²) >= 11 is 0. The van der Waals surface area contributed by atoms with E-state index in [1.165, 1.54) is 4.90 Å². The van der Waals surface area contributed by atoms with Crippen molar-refractivity contribution in [3.05, 3.63) is 29.8 Å². The minimum atomic E-state index is -0.962. The summed E-state index contributed by atoms with van der Waals surface area (Å²) in [6.07, 6.45) is 4.73. The Labute approximate surface area is 147 Å². The predicted molar refractivity (Wildman–Crippen MR) is 93.3 cm³/mol. The average Bonchev–Trinajstić information content (AvgIpc) is 3.42. The first-order valence-corrected chi connectivity index (χ1v) is 8.92. The number of piperidine rings is 1. The van der Waals surface area contributed by atoms with Crippen LogP contribution in [0, 0.1) is 5.41 Å². The number of likely N-dealkylation sites (tertiary alicyclic amines) is 1. The van der Waals surface area contributed by atoms with Gasteiger partial charge < -0.3 is 15.3 Å². The summed E-state index contributed by atoms with van der Waals surface area (Å²) in [5.74, 6) is -1.25. The van der Waals surface area contributed by atoms with Gasteiger partial charge in [-0.1, -0.05) is 13.0 Å². The highest BCUT2D eigenvalue weighted by molar-refractivity contribution is 6.00. The Bertz CT molecular complexity index is 696. The number of carboxylic acids is 1. The van der Waals surface area contributed by atoms with Crippen LogP contribution >= 0.6 is 0 Å². The van der Waals surface area contributed by atoms with Crippen molar-refractivity contribution >= 4 is 23.5 Å². The maximum absolute atomic E-state index is 12.8. The van der Waals surface area contributed by atoms with Crippen molar-refractivity contribution in [1.82, 2.24) is 4.90 Å². The molecular formula is C19H24N2O4. The van der Waals surface area contributed by atoms with E-state index in [0.29, 0.717) is 24.2 Å². The van der Waals surface area contributed by atoms with Gasteiger partial charge in [0, 0.05) is 23.2 Å². The molecule has 0 spiro atoms. The molecule has 1 aliphatic carbocycles. The molecule has 2 fully saturated rings. The van der Waals surface area contributed by atoms with Crippen molar-refractivity contribution < 1.29 is 19.5 Å². The molecule has 0 aromatic heterocycles. The first kappa shape index (κ1) is 17.5. The Kier molecular flexibility index (Phi) is 4.79. The van der Waals surface area contributed by atoms with E-state index in [9.17, 15) is 19.5 Å². The topological polar surface area (TPSA) is 86.7 Å². The predicted octanol–water partition coefficient (Wildman–Crippen LogP) is 2.89. The van der Waals surface area contributed by atoms with Crippen molar-refractivity contribution in [1.29, 1.82) is 0 Å². The third kappa shape index (κ3) is 3.52. The molecule has 1 heterocycles. The van der Waals surface area contributed by atoms with Gasteiger partial charge in [-0.25, -0.2) is 4.79 Å². The summed E-state index contributed by atoms with van der Waals surface area (Å²) in [4.78, 5) is 38.0. The third-order valence-corrected chi connectivity index (χ3v) is 5.43. The van der Waals surface area contributed by atoms with Crippen LogP contribution in [0.3, 0.4) is 0 Å². The Hall–Kier alpha value is -2.37. The van der Waals surface area contributed by atoms with E-state index in [2.05, 4.69) is 5.32 Å². The summed E-state index contributed by atoms with van der Waals surface area (Å²) in [7, 11) is 0. The fourth-order valence-electron chi connectivity index (χ4n) is 3.48. The monoisotopic (exact) mass is 344 g/mol. The second-order valence-corrected chi connectivity index (χ2v) is 7.02. The van der Waals surface area contributed by atoms with Gasteiger partial charge in [0.1, 0.15) is 6.04 Å². The summed E-state index contributed by atoms with van der Waals surface area (Å²) < 4.78 is 0. The van der Waals surface area contributed by atoms with Gasteiger partial charge in [0.15, 0.2) is 0 Å². The lowest BCUT2D eigenvalue weighted by molar-refractivity contribution is -0.143. The lowest BCUT2D eigenvalue weighted by atomic mass is 10.0. The van der Waals surface area contributed by atoms with Gasteiger partial charge in [-0.15, -0.1) is 0 Å². The van der Waals surface area contributed by atoms with Crippen LogP contribution in [0.25, 0.3) is 0 Å². The van der Waals surface area contributed by atoms with Gasteiger partial charge in [-0.2, -0.15) is 0 Å². The minimum Gasteiger partial charge on any atom is -0.480 e. The Morgan fingerprint density at radius 3 is 2.68 bits per heavy atom. The standard InChI is InChI=1S/C19H24N2O4/c1-2-19(9-10-19)18(25)20-14-7-5-6-13(12-14)16(22)21-11-4-3-8-15(21)17(23)24/h5-7,12,15H,2-4,8-11H2,1H3,(H,20,25)(H,23,24). The van der Waals surface area contributed by atoms with Crippen molar-refractivity contribution in [2.24, 2.45) is 5.41 Å². The number of amides is 2. The number of carbonyl (C=O) groups is 3. The van der Waals surface area contributed by atoms with Crippen LogP contribution in [0.2, 0.25) is 0 Å². The Morgan fingerprint density at radius 1 is 1.28 bits per heavy atom. The fourth-order valence-corrected chi connectivity index (χ4v) is 3.48. The molecule has 1 saturated carbocycles. The summed E-state index contributed by atoms with van der Waals surface area (Å²) in [5.41, 5.74) is 0.744. The molecule has 2 aliphatic rings. The molecular weight excluding hydrogens is 320 g/mol. The van der Waals surface area contributed by atoms with Gasteiger partial charge in [0.05, 0.1) is 0 Å². The number of aliphatic carboxylic acids is 1. The SMILES string of the molecule is CCC1(C(=O)Nc2cccc(C(=O)N3CCCCC3C(=O)O)c2)CC1. The molecule has 1 aromatic carbocycles. The maximum Gasteiger partial charge on any atom is 0.326 e. The van der Waals surface area contributed by atoms with Gasteiger partial charge >= 0.3 is 5.97 Å². The van der Waals surface area contributed by atoms with Crippen molar-refractivity contribution in [2.75, 3.05) is 11.9 Å². The van der Waals surface area contributed by atoms with Crippen molar-refractivity contribution in [3.63, 3.8) is 0 Å². The smallest absolute Gasteiger partial charge is 0.326 e. The minimum absolute atomic E-state index is 0.000911. The van der Waals surface area contributed by atoms with Crippen LogP contribution in [0.15, 0.2) is 24.3 Å². The highest BCUT2D eigenvalue weighted by atomic mass is 16.4. The average molecular weight is 344 g/mol. The van der Waals surface area contributed by atoms with Gasteiger partial charge in [0.25, 0.3) is 5.91 Å². The molecule has 1 unspecified atom stereocenters. The number of rotatable bonds is 5. The third-order valence-electron chi connectivity index (χ3n) is 5.43. The lowest BCUT2D eigenvalue weighted by Gasteiger charge is -2.33. The Balaban J connectivity index is 1.75. The highest BCUT2D eigenvalue weighted by Gasteiger charge is 2.47. The second-order valence-electron chi connectivity index (χ2n) is 7.02. The molecule has 134 valence electrons. The lowest BCUT2D eigenvalue weighted by Crippen LogP contribution is -2.48. The molecule has 6 nitrogen and oxygen atoms in total. The maximum atomic E-state index is 12.8. The van der Waals surface area contributed by atoms with E-state index < -0.39 is 12.0 Å². The largest absolute Gasteiger partial charge is 0.480 e. The van der Waals surface area contributed by atoms with Crippen molar-refractivity contribution in [2.45, 2.75) is 51.5 Å². The van der Waals surface area contributed by atoms with E-state index in [-0.39, 0.29) is 17.2 Å². The molecule has 1 aromatic rings. The van der Waals surface area contributed by atoms with Gasteiger partial charge in [-0.05, 0) is 56.7 Å². The molecule has 2 N–H and O–H groups in total. The number of carbonyl (C=O) groups excluding carboxylic acids is 2. The van der Waals surface area contributed by atoms with E-state index in [1.54, 1.807) is 24.3 Å². The molecule has 1 atom stereocenters. The summed E-state index contributed by atoms with van der Waals surface area (Å²) in [6.45, 7) is 2.46. The summed E-state index contributed by atoms with van der Waals surface area (Å²) in [6, 6.07) is 6.01. The van der Waals surface area contributed by atoms with Crippen LogP contribution in [0.5, 0.6) is 0 Å². The molecule has 0 radical (unpaired) electrons. The van der Waals surface area contributed by atoms with E-state index in [1.807, 2.05) is 6.92 Å². The normalized spacial score (nSPS) is 21.5. The van der Waals surface area contributed by atoms with Crippen LogP contribution in [-0.4, -0.2) is 40.4 Å². The first-order chi connectivity index (χ1) is 12.0. The molecule has 1 saturated heterocycles. The quantitative estimate of drug-likeness (QED) is 0.860. The molecule has 3 rings (SSSR count). The molecule has 2 amide bonds. The number of carboxylic acid groups (broad SMARTS) is 1. The summed E-state index contributed by atoms with van der Waals surface area (Å²) in [5, 5.41) is 12.3. The number of hydrogen-bond acceptors (Lipinski definition) is 3. The van der Waals surface area contributed by atoms with Crippen LogP contribution in [0.1, 0.15) is 55.8 Å². The van der Waals surface area contributed by atoms with Crippen molar-refractivity contribution in [3.8, 4) is 0 Å². The van der Waals surface area contributed by atoms with E-state index in [4.69, 9.17) is 0 Å². The highest BCUT2D eigenvalue weighted by Crippen LogP contribution is 2.49. The Morgan fingerprint density at radius 2 is 2.04 bits per heavy atom. The van der Waals surface area contributed by atoms with E-state index >= 15 is 0 Å². The van der Waals surface area contributed by atoms with Gasteiger partial charge in [0.2, 0.25) is 5.91 Å². The number of nitrogens with one attached hydrogen (secondary N) is 1. The number of anilines is 1. The fraction of sp³-hybridized carbons (Fsp3) is 0.526. The zero-order chi connectivity index (χ0) is 18.0. The van der Waals surface area contributed by atoms with Gasteiger partial charge in [-0.3, -0.25) is 9.59 Å².